The van der Waals surface area contributed by atoms with E-state index in [0.717, 1.165) is 11.1 Å². The fourth-order valence-electron chi connectivity index (χ4n) is 3.93. The molecule has 3 aromatic carbocycles. The molecule has 35 heavy (non-hydrogen) atoms. The van der Waals surface area contributed by atoms with Crippen LogP contribution in [0.2, 0.25) is 0 Å². The summed E-state index contributed by atoms with van der Waals surface area (Å²) in [4.78, 5) is 26.2. The molecule has 0 bridgehead atoms. The minimum atomic E-state index is -3.48. The van der Waals surface area contributed by atoms with Crippen LogP contribution in [0.1, 0.15) is 31.8 Å². The van der Waals surface area contributed by atoms with Crippen LogP contribution in [0.3, 0.4) is 0 Å². The zero-order valence-electron chi connectivity index (χ0n) is 19.5. The molecule has 0 atom stereocenters. The molecule has 0 spiro atoms. The molecule has 3 N–H and O–H groups in total. The number of nitrogens with two attached hydrogens (primary N) is 1. The maximum Gasteiger partial charge on any atom is 0.255 e. The summed E-state index contributed by atoms with van der Waals surface area (Å²) in [6, 6.07) is 20.7. The molecule has 0 radical (unpaired) electrons. The molecule has 3 aromatic rings. The number of rotatable bonds is 7. The van der Waals surface area contributed by atoms with Gasteiger partial charge in [-0.25, -0.2) is 8.42 Å². The Morgan fingerprint density at radius 3 is 1.97 bits per heavy atom. The van der Waals surface area contributed by atoms with Crippen molar-refractivity contribution in [1.29, 1.82) is 0 Å². The van der Waals surface area contributed by atoms with Gasteiger partial charge in [0.15, 0.2) is 0 Å². The Labute approximate surface area is 205 Å². The largest absolute Gasteiger partial charge is 0.366 e. The lowest BCUT2D eigenvalue weighted by Crippen LogP contribution is -2.48. The van der Waals surface area contributed by atoms with Crippen LogP contribution in [0.25, 0.3) is 0 Å². The van der Waals surface area contributed by atoms with Gasteiger partial charge in [-0.1, -0.05) is 29.8 Å². The second-order valence-corrected chi connectivity index (χ2v) is 10.5. The number of primary amides is 1. The van der Waals surface area contributed by atoms with Gasteiger partial charge in [0.05, 0.1) is 4.90 Å². The average Bonchev–Trinajstić information content (AvgIpc) is 2.85. The molecule has 1 aliphatic heterocycles. The average molecular weight is 493 g/mol. The Morgan fingerprint density at radius 1 is 0.829 bits per heavy atom. The van der Waals surface area contributed by atoms with Crippen molar-refractivity contribution in [2.45, 2.75) is 18.4 Å². The number of aryl methyl sites for hydroxylation is 1. The van der Waals surface area contributed by atoms with Crippen LogP contribution in [-0.2, 0) is 16.6 Å². The topological polar surface area (TPSA) is 113 Å². The van der Waals surface area contributed by atoms with E-state index in [9.17, 15) is 18.0 Å². The molecule has 1 heterocycles. The van der Waals surface area contributed by atoms with Gasteiger partial charge in [-0.2, -0.15) is 4.31 Å². The molecular weight excluding hydrogens is 464 g/mol. The van der Waals surface area contributed by atoms with Gasteiger partial charge in [-0.05, 0) is 61.0 Å². The third-order valence-corrected chi connectivity index (χ3v) is 7.95. The number of carbonyl (C=O) groups excluding carboxylic acids is 2. The Kier molecular flexibility index (Phi) is 7.30. The molecule has 0 aromatic heterocycles. The quantitative estimate of drug-likeness (QED) is 0.527. The molecule has 182 valence electrons. The Morgan fingerprint density at radius 2 is 1.40 bits per heavy atom. The zero-order valence-corrected chi connectivity index (χ0v) is 20.3. The highest BCUT2D eigenvalue weighted by Gasteiger charge is 2.28. The second kappa shape index (κ2) is 10.4. The van der Waals surface area contributed by atoms with Crippen molar-refractivity contribution in [3.05, 3.63) is 95.1 Å². The molecule has 1 fully saturated rings. The molecule has 2 amide bonds. The second-order valence-electron chi connectivity index (χ2n) is 8.59. The first-order chi connectivity index (χ1) is 16.7. The van der Waals surface area contributed by atoms with Crippen molar-refractivity contribution in [1.82, 2.24) is 9.21 Å². The van der Waals surface area contributed by atoms with E-state index in [4.69, 9.17) is 5.73 Å². The normalized spacial score (nSPS) is 15.0. The van der Waals surface area contributed by atoms with Crippen LogP contribution in [0.5, 0.6) is 0 Å². The summed E-state index contributed by atoms with van der Waals surface area (Å²) in [5.74, 6) is -0.772. The van der Waals surface area contributed by atoms with E-state index in [1.807, 2.05) is 31.2 Å². The van der Waals surface area contributed by atoms with Gasteiger partial charge in [0.2, 0.25) is 15.9 Å². The lowest BCUT2D eigenvalue weighted by molar-refractivity contribution is 0.0998. The van der Waals surface area contributed by atoms with Crippen LogP contribution < -0.4 is 11.1 Å². The minimum Gasteiger partial charge on any atom is -0.366 e. The molecule has 1 saturated heterocycles. The van der Waals surface area contributed by atoms with Crippen molar-refractivity contribution in [3.8, 4) is 0 Å². The van der Waals surface area contributed by atoms with Crippen molar-refractivity contribution >= 4 is 27.5 Å². The van der Waals surface area contributed by atoms with Crippen LogP contribution in [0.4, 0.5) is 5.69 Å². The summed E-state index contributed by atoms with van der Waals surface area (Å²) < 4.78 is 27.3. The van der Waals surface area contributed by atoms with Crippen molar-refractivity contribution in [3.63, 3.8) is 0 Å². The van der Waals surface area contributed by atoms with Gasteiger partial charge in [-0.3, -0.25) is 14.5 Å². The maximum absolute atomic E-state index is 12.9. The van der Waals surface area contributed by atoms with Crippen LogP contribution in [0.15, 0.2) is 77.7 Å². The molecule has 0 saturated carbocycles. The zero-order chi connectivity index (χ0) is 25.0. The number of hydrogen-bond acceptors (Lipinski definition) is 5. The molecule has 0 aliphatic carbocycles. The molecule has 0 unspecified atom stereocenters. The number of nitrogens with one attached hydrogen (secondary N) is 1. The third kappa shape index (κ3) is 5.94. The van der Waals surface area contributed by atoms with E-state index in [0.29, 0.717) is 54.4 Å². The molecule has 8 nitrogen and oxygen atoms in total. The van der Waals surface area contributed by atoms with Gasteiger partial charge in [-0.15, -0.1) is 0 Å². The summed E-state index contributed by atoms with van der Waals surface area (Å²) in [5.41, 5.74) is 8.76. The Balaban J connectivity index is 1.30. The summed E-state index contributed by atoms with van der Waals surface area (Å²) in [7, 11) is -3.48. The summed E-state index contributed by atoms with van der Waals surface area (Å²) in [5, 5.41) is 2.80. The first-order valence-electron chi connectivity index (χ1n) is 11.3. The summed E-state index contributed by atoms with van der Waals surface area (Å²) in [6.07, 6.45) is 0. The lowest BCUT2D eigenvalue weighted by atomic mass is 10.1. The fraction of sp³-hybridized carbons (Fsp3) is 0.231. The number of benzene rings is 3. The van der Waals surface area contributed by atoms with Crippen LogP contribution in [0, 0.1) is 6.92 Å². The maximum atomic E-state index is 12.9. The highest BCUT2D eigenvalue weighted by atomic mass is 32.2. The predicted octanol–water partition coefficient (Wildman–Crippen LogP) is 2.85. The van der Waals surface area contributed by atoms with Gasteiger partial charge in [0, 0.05) is 49.5 Å². The highest BCUT2D eigenvalue weighted by molar-refractivity contribution is 7.89. The van der Waals surface area contributed by atoms with E-state index in [1.54, 1.807) is 48.5 Å². The molecular formula is C26H28N4O4S. The number of sulfonamides is 1. The summed E-state index contributed by atoms with van der Waals surface area (Å²) in [6.45, 7) is 4.74. The number of anilines is 1. The number of nitrogens with zero attached hydrogens (tertiary/aromatic N) is 2. The van der Waals surface area contributed by atoms with Gasteiger partial charge in [0.25, 0.3) is 5.91 Å². The van der Waals surface area contributed by atoms with Gasteiger partial charge in [0.1, 0.15) is 0 Å². The number of piperazine rings is 1. The fourth-order valence-corrected chi connectivity index (χ4v) is 5.35. The predicted molar refractivity (Wildman–Crippen MR) is 135 cm³/mol. The van der Waals surface area contributed by atoms with Crippen molar-refractivity contribution in [2.24, 2.45) is 5.73 Å². The molecule has 9 heteroatoms. The van der Waals surface area contributed by atoms with Crippen molar-refractivity contribution in [2.75, 3.05) is 31.5 Å². The Bertz CT molecular complexity index is 1300. The molecule has 1 aliphatic rings. The summed E-state index contributed by atoms with van der Waals surface area (Å²) >= 11 is 0. The minimum absolute atomic E-state index is 0.252. The van der Waals surface area contributed by atoms with Gasteiger partial charge < -0.3 is 11.1 Å². The smallest absolute Gasteiger partial charge is 0.255 e. The van der Waals surface area contributed by atoms with Crippen LogP contribution >= 0.6 is 0 Å². The van der Waals surface area contributed by atoms with Gasteiger partial charge >= 0.3 is 0 Å². The van der Waals surface area contributed by atoms with E-state index < -0.39 is 15.9 Å². The highest BCUT2D eigenvalue weighted by Crippen LogP contribution is 2.19. The Hall–Kier alpha value is -3.53. The van der Waals surface area contributed by atoms with Crippen molar-refractivity contribution < 1.29 is 18.0 Å². The number of carbonyl (C=O) groups is 2. The number of amides is 2. The first-order valence-corrected chi connectivity index (χ1v) is 12.8. The first kappa shape index (κ1) is 24.6. The van der Waals surface area contributed by atoms with E-state index in [-0.39, 0.29) is 5.91 Å². The standard InChI is InChI=1S/C26H28N4O4S/c1-19-2-12-24(13-3-19)35(33,34)30-16-14-29(15-17-30)18-20-4-6-22(7-5-20)26(32)28-23-10-8-21(9-11-23)25(27)31/h2-13H,14-18H2,1H3,(H2,27,31)(H,28,32). The lowest BCUT2D eigenvalue weighted by Gasteiger charge is -2.34. The SMILES string of the molecule is Cc1ccc(S(=O)(=O)N2CCN(Cc3ccc(C(=O)Nc4ccc(C(N)=O)cc4)cc3)CC2)cc1. The van der Waals surface area contributed by atoms with E-state index >= 15 is 0 Å². The monoisotopic (exact) mass is 492 g/mol. The third-order valence-electron chi connectivity index (χ3n) is 6.04. The van der Waals surface area contributed by atoms with E-state index in [1.165, 1.54) is 4.31 Å². The van der Waals surface area contributed by atoms with E-state index in [2.05, 4.69) is 10.2 Å². The van der Waals surface area contributed by atoms with Crippen LogP contribution in [-0.4, -0.2) is 55.6 Å². The molecule has 4 rings (SSSR count). The number of hydrogen-bond donors (Lipinski definition) is 2.